The zero-order chi connectivity index (χ0) is 47.7. The Bertz CT molecular complexity index is 4790. The van der Waals surface area contributed by atoms with Gasteiger partial charge in [0.15, 0.2) is 11.5 Å². The van der Waals surface area contributed by atoms with Gasteiger partial charge in [-0.15, -0.1) is 0 Å². The molecule has 15 aromatic rings. The predicted molar refractivity (Wildman–Crippen MR) is 303 cm³/mol. The molecule has 16 rings (SSSR count). The minimum Gasteiger partial charge on any atom is -0.456 e. The summed E-state index contributed by atoms with van der Waals surface area (Å²) in [5.74, 6) is 1.70. The minimum absolute atomic E-state index is 0.848. The molecule has 4 heteroatoms. The molecule has 1 aliphatic heterocycles. The van der Waals surface area contributed by atoms with Crippen LogP contribution in [-0.4, -0.2) is 9.13 Å². The normalized spacial score (nSPS) is 12.3. The predicted octanol–water partition coefficient (Wildman–Crippen LogP) is 18.8. The van der Waals surface area contributed by atoms with E-state index >= 15 is 0 Å². The second-order valence-corrected chi connectivity index (χ2v) is 19.6. The number of nitrogens with zero attached hydrogens (tertiary/aromatic N) is 2. The first-order chi connectivity index (χ1) is 36.2. The van der Waals surface area contributed by atoms with E-state index in [2.05, 4.69) is 246 Å². The Hall–Kier alpha value is -9.64. The van der Waals surface area contributed by atoms with Gasteiger partial charge in [0.05, 0.1) is 27.8 Å². The van der Waals surface area contributed by atoms with Gasteiger partial charge >= 0.3 is 0 Å². The van der Waals surface area contributed by atoms with Crippen molar-refractivity contribution in [2.45, 2.75) is 6.42 Å². The van der Waals surface area contributed by atoms with Crippen LogP contribution in [0.2, 0.25) is 0 Å². The average Bonchev–Trinajstić information content (AvgIpc) is 4.12. The largest absolute Gasteiger partial charge is 0.456 e. The standard InChI is InChI=1S/C69H42N2O2/c1-3-14-42(15-4-1)34-48-35-47-27-26-43(36-55(47)53-19-8-7-18-51(48)53)44-28-31-61-56(37-44)57-38-45(29-32-62(57)70(61)50-16-5-2-6-17-50)46-30-33-64-59(39-46)68-52(21-13-25-66(68)72-64)49-40-58-54-20-9-10-22-60(54)71-63-23-11-12-24-65(63)73-67(41-49)69(58)71/h1-33,35-41H,34H2. The highest BCUT2D eigenvalue weighted by Crippen LogP contribution is 2.49. The summed E-state index contributed by atoms with van der Waals surface area (Å²) < 4.78 is 18.2. The smallest absolute Gasteiger partial charge is 0.152 e. The van der Waals surface area contributed by atoms with Crippen LogP contribution >= 0.6 is 0 Å². The van der Waals surface area contributed by atoms with Crippen molar-refractivity contribution in [1.82, 2.24) is 9.13 Å². The highest BCUT2D eigenvalue weighted by atomic mass is 16.5. The van der Waals surface area contributed by atoms with Crippen LogP contribution in [-0.2, 0) is 6.42 Å². The number of rotatable bonds is 6. The zero-order valence-electron chi connectivity index (χ0n) is 39.5. The number of ether oxygens (including phenoxy) is 1. The molecule has 0 saturated heterocycles. The molecule has 0 N–H and O–H groups in total. The topological polar surface area (TPSA) is 32.2 Å². The quantitative estimate of drug-likeness (QED) is 0.156. The summed E-state index contributed by atoms with van der Waals surface area (Å²) in [4.78, 5) is 0. The third-order valence-corrected chi connectivity index (χ3v) is 15.5. The molecule has 3 aromatic heterocycles. The molecule has 4 heterocycles. The fourth-order valence-electron chi connectivity index (χ4n) is 12.2. The zero-order valence-corrected chi connectivity index (χ0v) is 39.5. The molecular formula is C69H42N2O2. The third-order valence-electron chi connectivity index (χ3n) is 15.5. The van der Waals surface area contributed by atoms with Crippen molar-refractivity contribution in [3.8, 4) is 56.3 Å². The molecular weight excluding hydrogens is 889 g/mol. The molecule has 12 aromatic carbocycles. The second kappa shape index (κ2) is 15.4. The number of fused-ring (bicyclic) bond motifs is 14. The number of hydrogen-bond donors (Lipinski definition) is 0. The highest BCUT2D eigenvalue weighted by molar-refractivity contribution is 6.18. The fraction of sp³-hybridized carbons (Fsp3) is 0.0145. The van der Waals surface area contributed by atoms with Gasteiger partial charge in [0, 0.05) is 38.0 Å². The summed E-state index contributed by atoms with van der Waals surface area (Å²) in [6.07, 6.45) is 0.896. The Morgan fingerprint density at radius 3 is 1.75 bits per heavy atom. The first-order valence-corrected chi connectivity index (χ1v) is 25.1. The molecule has 0 fully saturated rings. The Kier molecular flexibility index (Phi) is 8.48. The summed E-state index contributed by atoms with van der Waals surface area (Å²) in [5.41, 5.74) is 18.0. The van der Waals surface area contributed by atoms with Crippen molar-refractivity contribution in [3.63, 3.8) is 0 Å². The van der Waals surface area contributed by atoms with Crippen molar-refractivity contribution in [3.05, 3.63) is 254 Å². The molecule has 0 atom stereocenters. The van der Waals surface area contributed by atoms with Gasteiger partial charge in [-0.2, -0.15) is 0 Å². The summed E-state index contributed by atoms with van der Waals surface area (Å²) >= 11 is 0. The molecule has 0 spiro atoms. The van der Waals surface area contributed by atoms with Crippen LogP contribution < -0.4 is 4.74 Å². The van der Waals surface area contributed by atoms with Crippen molar-refractivity contribution in [1.29, 1.82) is 0 Å². The van der Waals surface area contributed by atoms with E-state index in [0.717, 1.165) is 84.4 Å². The van der Waals surface area contributed by atoms with Crippen LogP contribution in [0.1, 0.15) is 11.1 Å². The van der Waals surface area contributed by atoms with Gasteiger partial charge in [0.25, 0.3) is 0 Å². The van der Waals surface area contributed by atoms with Gasteiger partial charge in [0.1, 0.15) is 11.2 Å². The van der Waals surface area contributed by atoms with Gasteiger partial charge in [-0.05, 0) is 163 Å². The summed E-state index contributed by atoms with van der Waals surface area (Å²) in [6.45, 7) is 0. The first kappa shape index (κ1) is 40.1. The number of para-hydroxylation sites is 4. The average molecular weight is 931 g/mol. The first-order valence-electron chi connectivity index (χ1n) is 25.1. The van der Waals surface area contributed by atoms with Crippen LogP contribution in [0.15, 0.2) is 247 Å². The maximum atomic E-state index is 6.73. The van der Waals surface area contributed by atoms with E-state index < -0.39 is 0 Å². The van der Waals surface area contributed by atoms with E-state index in [1.165, 1.54) is 76.5 Å². The number of benzene rings is 12. The van der Waals surface area contributed by atoms with Gasteiger partial charge < -0.3 is 18.3 Å². The van der Waals surface area contributed by atoms with Crippen LogP contribution in [0.5, 0.6) is 11.5 Å². The second-order valence-electron chi connectivity index (χ2n) is 19.6. The molecule has 4 nitrogen and oxygen atoms in total. The molecule has 0 amide bonds. The lowest BCUT2D eigenvalue weighted by molar-refractivity contribution is 0.476. The van der Waals surface area contributed by atoms with E-state index in [9.17, 15) is 0 Å². The molecule has 73 heavy (non-hydrogen) atoms. The van der Waals surface area contributed by atoms with Crippen LogP contribution in [0.25, 0.3) is 132 Å². The molecule has 1 aliphatic rings. The van der Waals surface area contributed by atoms with Gasteiger partial charge in [-0.25, -0.2) is 0 Å². The Balaban J connectivity index is 0.846. The minimum atomic E-state index is 0.848. The molecule has 340 valence electrons. The van der Waals surface area contributed by atoms with Gasteiger partial charge in [0.2, 0.25) is 0 Å². The van der Waals surface area contributed by atoms with Gasteiger partial charge in [-0.1, -0.05) is 152 Å². The Morgan fingerprint density at radius 1 is 0.342 bits per heavy atom. The summed E-state index contributed by atoms with van der Waals surface area (Å²) in [7, 11) is 0. The van der Waals surface area contributed by atoms with Gasteiger partial charge in [-0.3, -0.25) is 0 Å². The van der Waals surface area contributed by atoms with Crippen molar-refractivity contribution >= 4 is 87.1 Å². The van der Waals surface area contributed by atoms with Crippen molar-refractivity contribution < 1.29 is 9.15 Å². The number of aromatic nitrogens is 2. The lowest BCUT2D eigenvalue weighted by Crippen LogP contribution is -2.03. The van der Waals surface area contributed by atoms with E-state index in [1.54, 1.807) is 0 Å². The summed E-state index contributed by atoms with van der Waals surface area (Å²) in [5, 5.41) is 12.1. The van der Waals surface area contributed by atoms with Crippen molar-refractivity contribution in [2.24, 2.45) is 0 Å². The molecule has 0 radical (unpaired) electrons. The molecule has 0 unspecified atom stereocenters. The molecule has 0 bridgehead atoms. The maximum absolute atomic E-state index is 6.73. The lowest BCUT2D eigenvalue weighted by Gasteiger charge is -2.21. The van der Waals surface area contributed by atoms with Crippen molar-refractivity contribution in [2.75, 3.05) is 0 Å². The maximum Gasteiger partial charge on any atom is 0.152 e. The lowest BCUT2D eigenvalue weighted by atomic mass is 9.91. The van der Waals surface area contributed by atoms with E-state index in [-0.39, 0.29) is 0 Å². The fourth-order valence-corrected chi connectivity index (χ4v) is 12.2. The monoisotopic (exact) mass is 930 g/mol. The highest BCUT2D eigenvalue weighted by Gasteiger charge is 2.26. The SMILES string of the molecule is c1ccc(Cc2cc3ccc(-c4ccc5c(c4)c4cc(-c6ccc7oc8cccc(-c9cc%10c%11c(c9)c9ccccc9n%11-c9ccccc9O%10)c8c7c6)ccc4n5-c4ccccc4)cc3c3ccccc23)cc1. The van der Waals surface area contributed by atoms with E-state index in [0.29, 0.717) is 0 Å². The number of furan rings is 1. The Morgan fingerprint density at radius 2 is 0.959 bits per heavy atom. The molecule has 0 saturated carbocycles. The summed E-state index contributed by atoms with van der Waals surface area (Å²) in [6, 6.07) is 88.3. The van der Waals surface area contributed by atoms with E-state index in [4.69, 9.17) is 9.15 Å². The molecule has 0 aliphatic carbocycles. The number of hydrogen-bond acceptors (Lipinski definition) is 2. The van der Waals surface area contributed by atoms with Crippen LogP contribution in [0, 0.1) is 0 Å². The third kappa shape index (κ3) is 6.08. The van der Waals surface area contributed by atoms with Crippen LogP contribution in [0.4, 0.5) is 0 Å². The Labute approximate surface area is 419 Å². The van der Waals surface area contributed by atoms with E-state index in [1.807, 2.05) is 6.07 Å². The van der Waals surface area contributed by atoms with Crippen LogP contribution in [0.3, 0.4) is 0 Å².